The summed E-state index contributed by atoms with van der Waals surface area (Å²) >= 11 is 18.6. The van der Waals surface area contributed by atoms with Gasteiger partial charge in [-0.25, -0.2) is 0 Å². The monoisotopic (exact) mass is 446 g/mol. The normalized spacial score (nSPS) is 10.4. The Morgan fingerprint density at radius 1 is 0.857 bits per heavy atom. The van der Waals surface area contributed by atoms with Gasteiger partial charge in [0.2, 0.25) is 0 Å². The number of carbonyl (C=O) groups excluding carboxylic acids is 1. The van der Waals surface area contributed by atoms with Crippen LogP contribution in [0.15, 0.2) is 77.7 Å². The van der Waals surface area contributed by atoms with Crippen molar-refractivity contribution in [3.05, 3.63) is 88.4 Å². The smallest absolute Gasteiger partial charge is 0.175 e. The molecule has 0 aliphatic heterocycles. The molecule has 0 saturated heterocycles. The van der Waals surface area contributed by atoms with Gasteiger partial charge in [0, 0.05) is 21.8 Å². The number of rotatable bonds is 6. The molecule has 0 bridgehead atoms. The SMILES string of the molecule is O=C(CSc1ccc(NC(=S)Nc2ccccc2)cc1)c1ccc(Cl)c(Cl)c1. The van der Waals surface area contributed by atoms with Crippen molar-refractivity contribution < 1.29 is 4.79 Å². The number of para-hydroxylation sites is 1. The summed E-state index contributed by atoms with van der Waals surface area (Å²) in [6.07, 6.45) is 0. The summed E-state index contributed by atoms with van der Waals surface area (Å²) in [7, 11) is 0. The Labute approximate surface area is 183 Å². The summed E-state index contributed by atoms with van der Waals surface area (Å²) in [5, 5.41) is 7.59. The van der Waals surface area contributed by atoms with E-state index < -0.39 is 0 Å². The molecule has 0 saturated carbocycles. The van der Waals surface area contributed by atoms with Crippen LogP contribution in [0.5, 0.6) is 0 Å². The van der Waals surface area contributed by atoms with Crippen molar-refractivity contribution in [1.29, 1.82) is 0 Å². The summed E-state index contributed by atoms with van der Waals surface area (Å²) in [5.41, 5.74) is 2.35. The number of hydrogen-bond donors (Lipinski definition) is 2. The lowest BCUT2D eigenvalue weighted by atomic mass is 10.1. The molecule has 0 spiro atoms. The maximum absolute atomic E-state index is 12.3. The molecule has 0 aliphatic rings. The minimum Gasteiger partial charge on any atom is -0.332 e. The summed E-state index contributed by atoms with van der Waals surface area (Å²) < 4.78 is 0. The Kier molecular flexibility index (Phi) is 7.34. The fraction of sp³-hybridized carbons (Fsp3) is 0.0476. The zero-order chi connectivity index (χ0) is 19.9. The Morgan fingerprint density at radius 2 is 1.50 bits per heavy atom. The molecule has 0 amide bonds. The minimum absolute atomic E-state index is 0.000919. The Hall–Kier alpha value is -2.05. The maximum atomic E-state index is 12.3. The highest BCUT2D eigenvalue weighted by Gasteiger charge is 2.09. The highest BCUT2D eigenvalue weighted by molar-refractivity contribution is 8.00. The van der Waals surface area contributed by atoms with Crippen LogP contribution in [-0.2, 0) is 0 Å². The van der Waals surface area contributed by atoms with Crippen LogP contribution < -0.4 is 10.6 Å². The standard InChI is InChI=1S/C21H16Cl2N2OS2/c22-18-11-6-14(12-19(18)23)20(26)13-28-17-9-7-16(8-10-17)25-21(27)24-15-4-2-1-3-5-15/h1-12H,13H2,(H2,24,25,27). The molecule has 3 aromatic carbocycles. The molecular weight excluding hydrogens is 431 g/mol. The summed E-state index contributed by atoms with van der Waals surface area (Å²) in [4.78, 5) is 13.3. The number of thiocarbonyl (C=S) groups is 1. The van der Waals surface area contributed by atoms with Crippen LogP contribution in [0, 0.1) is 0 Å². The van der Waals surface area contributed by atoms with Gasteiger partial charge in [-0.1, -0.05) is 41.4 Å². The highest BCUT2D eigenvalue weighted by atomic mass is 35.5. The number of Topliss-reactive ketones (excluding diaryl/α,β-unsaturated/α-hetero) is 1. The van der Waals surface area contributed by atoms with E-state index in [-0.39, 0.29) is 5.78 Å². The maximum Gasteiger partial charge on any atom is 0.175 e. The predicted octanol–water partition coefficient (Wildman–Crippen LogP) is 6.78. The Morgan fingerprint density at radius 3 is 2.14 bits per heavy atom. The number of anilines is 2. The molecule has 0 unspecified atom stereocenters. The zero-order valence-electron chi connectivity index (χ0n) is 14.6. The van der Waals surface area contributed by atoms with Crippen molar-refractivity contribution in [2.45, 2.75) is 4.90 Å². The number of hydrogen-bond acceptors (Lipinski definition) is 3. The molecule has 2 N–H and O–H groups in total. The molecule has 0 fully saturated rings. The first-order valence-corrected chi connectivity index (χ1v) is 10.5. The van der Waals surface area contributed by atoms with Crippen LogP contribution in [0.3, 0.4) is 0 Å². The average molecular weight is 447 g/mol. The second kappa shape index (κ2) is 9.94. The summed E-state index contributed by atoms with van der Waals surface area (Å²) in [5.74, 6) is 0.317. The minimum atomic E-state index is -0.000919. The first-order chi connectivity index (χ1) is 13.5. The van der Waals surface area contributed by atoms with Gasteiger partial charge in [-0.2, -0.15) is 0 Å². The van der Waals surface area contributed by atoms with Crippen LogP contribution in [0.1, 0.15) is 10.4 Å². The van der Waals surface area contributed by atoms with Gasteiger partial charge in [-0.15, -0.1) is 11.8 Å². The van der Waals surface area contributed by atoms with Gasteiger partial charge in [0.1, 0.15) is 0 Å². The number of halogens is 2. The van der Waals surface area contributed by atoms with Crippen molar-refractivity contribution in [1.82, 2.24) is 0 Å². The molecule has 142 valence electrons. The van der Waals surface area contributed by atoms with E-state index in [1.54, 1.807) is 18.2 Å². The Balaban J connectivity index is 1.52. The second-order valence-electron chi connectivity index (χ2n) is 5.81. The fourth-order valence-electron chi connectivity index (χ4n) is 2.35. The van der Waals surface area contributed by atoms with Crippen LogP contribution in [-0.4, -0.2) is 16.6 Å². The largest absolute Gasteiger partial charge is 0.332 e. The average Bonchev–Trinajstić information content (AvgIpc) is 2.70. The number of carbonyl (C=O) groups is 1. The first kappa shape index (κ1) is 20.7. The van der Waals surface area contributed by atoms with Crippen molar-refractivity contribution >= 4 is 69.5 Å². The lowest BCUT2D eigenvalue weighted by molar-refractivity contribution is 0.102. The van der Waals surface area contributed by atoms with Crippen molar-refractivity contribution in [3.8, 4) is 0 Å². The van der Waals surface area contributed by atoms with Gasteiger partial charge in [-0.05, 0) is 66.8 Å². The molecule has 0 heterocycles. The van der Waals surface area contributed by atoms with E-state index in [2.05, 4.69) is 10.6 Å². The molecule has 0 aliphatic carbocycles. The van der Waals surface area contributed by atoms with Gasteiger partial charge >= 0.3 is 0 Å². The summed E-state index contributed by atoms with van der Waals surface area (Å²) in [6.45, 7) is 0. The van der Waals surface area contributed by atoms with Gasteiger partial charge in [0.05, 0.1) is 15.8 Å². The quantitative estimate of drug-likeness (QED) is 0.248. The fourth-order valence-corrected chi connectivity index (χ4v) is 3.68. The van der Waals surface area contributed by atoms with Gasteiger partial charge in [0.15, 0.2) is 10.9 Å². The lowest BCUT2D eigenvalue weighted by Gasteiger charge is -2.11. The Bertz CT molecular complexity index is 979. The van der Waals surface area contributed by atoms with Gasteiger partial charge in [0.25, 0.3) is 0 Å². The molecule has 28 heavy (non-hydrogen) atoms. The third-order valence-electron chi connectivity index (χ3n) is 3.76. The van der Waals surface area contributed by atoms with Crippen LogP contribution >= 0.6 is 47.2 Å². The van der Waals surface area contributed by atoms with E-state index >= 15 is 0 Å². The molecule has 7 heteroatoms. The zero-order valence-corrected chi connectivity index (χ0v) is 17.8. The van der Waals surface area contributed by atoms with E-state index in [0.29, 0.717) is 26.5 Å². The molecule has 3 rings (SSSR count). The van der Waals surface area contributed by atoms with Crippen LogP contribution in [0.25, 0.3) is 0 Å². The molecule has 0 atom stereocenters. The summed E-state index contributed by atoms with van der Waals surface area (Å²) in [6, 6.07) is 22.4. The third kappa shape index (κ3) is 5.97. The van der Waals surface area contributed by atoms with Crippen molar-refractivity contribution in [2.75, 3.05) is 16.4 Å². The van der Waals surface area contributed by atoms with E-state index in [1.165, 1.54) is 11.8 Å². The third-order valence-corrected chi connectivity index (χ3v) is 5.71. The first-order valence-electron chi connectivity index (χ1n) is 8.35. The predicted molar refractivity (Wildman–Crippen MR) is 124 cm³/mol. The van der Waals surface area contributed by atoms with Crippen LogP contribution in [0.2, 0.25) is 10.0 Å². The van der Waals surface area contributed by atoms with E-state index in [9.17, 15) is 4.79 Å². The van der Waals surface area contributed by atoms with Crippen molar-refractivity contribution in [3.63, 3.8) is 0 Å². The van der Waals surface area contributed by atoms with Gasteiger partial charge < -0.3 is 10.6 Å². The molecule has 0 aromatic heterocycles. The second-order valence-corrected chi connectivity index (χ2v) is 8.08. The lowest BCUT2D eigenvalue weighted by Crippen LogP contribution is -2.18. The van der Waals surface area contributed by atoms with E-state index in [4.69, 9.17) is 35.4 Å². The van der Waals surface area contributed by atoms with Gasteiger partial charge in [-0.3, -0.25) is 4.79 Å². The topological polar surface area (TPSA) is 41.1 Å². The molecule has 3 nitrogen and oxygen atoms in total. The number of nitrogens with one attached hydrogen (secondary N) is 2. The van der Waals surface area contributed by atoms with E-state index in [1.807, 2.05) is 54.6 Å². The number of benzene rings is 3. The molecule has 3 aromatic rings. The van der Waals surface area contributed by atoms with Crippen LogP contribution in [0.4, 0.5) is 11.4 Å². The van der Waals surface area contributed by atoms with E-state index in [0.717, 1.165) is 16.3 Å². The number of thioether (sulfide) groups is 1. The number of ketones is 1. The molecule has 0 radical (unpaired) electrons. The van der Waals surface area contributed by atoms with Crippen molar-refractivity contribution in [2.24, 2.45) is 0 Å². The highest BCUT2D eigenvalue weighted by Crippen LogP contribution is 2.25. The molecular formula is C21H16Cl2N2OS2.